The number of hydrogen-bond acceptors (Lipinski definition) is 3. The summed E-state index contributed by atoms with van der Waals surface area (Å²) in [4.78, 5) is 2.43. The SMILES string of the molecule is c1cc(-c2ccc(-c3ccc4c(c3)Oc3cccc5c6ccccc6n-4c35)cc2)cc(N(c2ccc(-c3cccc4ccccc34)cc2)c2cccc3c2sc2ccccc23)c1. The first-order valence-corrected chi connectivity index (χ1v) is 21.9. The van der Waals surface area contributed by atoms with E-state index >= 15 is 0 Å². The summed E-state index contributed by atoms with van der Waals surface area (Å²) in [5.41, 5.74) is 13.8. The Morgan fingerprint density at radius 3 is 1.92 bits per heavy atom. The van der Waals surface area contributed by atoms with Crippen molar-refractivity contribution in [3.8, 4) is 50.6 Å². The van der Waals surface area contributed by atoms with Gasteiger partial charge in [0.1, 0.15) is 0 Å². The fraction of sp³-hybridized carbons (Fsp3) is 0. The Balaban J connectivity index is 0.880. The van der Waals surface area contributed by atoms with Crippen molar-refractivity contribution in [2.45, 2.75) is 0 Å². The Bertz CT molecular complexity index is 3720. The second kappa shape index (κ2) is 13.8. The number of ether oxygens (including phenoxy) is 1. The van der Waals surface area contributed by atoms with E-state index in [4.69, 9.17) is 4.74 Å². The maximum Gasteiger partial charge on any atom is 0.152 e. The minimum absolute atomic E-state index is 0.861. The van der Waals surface area contributed by atoms with Crippen LogP contribution in [0.2, 0.25) is 0 Å². The Labute approximate surface area is 362 Å². The van der Waals surface area contributed by atoms with Crippen LogP contribution < -0.4 is 9.64 Å². The van der Waals surface area contributed by atoms with Crippen LogP contribution in [0, 0.1) is 0 Å². The van der Waals surface area contributed by atoms with Crippen molar-refractivity contribution in [1.29, 1.82) is 0 Å². The minimum atomic E-state index is 0.861. The normalized spacial score (nSPS) is 12.0. The van der Waals surface area contributed by atoms with Crippen molar-refractivity contribution in [1.82, 2.24) is 4.57 Å². The van der Waals surface area contributed by atoms with Gasteiger partial charge in [-0.15, -0.1) is 11.3 Å². The molecule has 12 aromatic rings. The molecule has 2 aromatic heterocycles. The quantitative estimate of drug-likeness (QED) is 0.166. The van der Waals surface area contributed by atoms with Crippen molar-refractivity contribution in [2.24, 2.45) is 0 Å². The number of para-hydroxylation sites is 2. The first-order chi connectivity index (χ1) is 30.7. The Morgan fingerprint density at radius 2 is 1.05 bits per heavy atom. The lowest BCUT2D eigenvalue weighted by atomic mass is 9.97. The van der Waals surface area contributed by atoms with E-state index in [0.29, 0.717) is 0 Å². The molecular weight excluding hydrogens is 773 g/mol. The largest absolute Gasteiger partial charge is 0.453 e. The monoisotopic (exact) mass is 808 g/mol. The molecule has 0 spiro atoms. The summed E-state index contributed by atoms with van der Waals surface area (Å²) >= 11 is 1.86. The van der Waals surface area contributed by atoms with Crippen molar-refractivity contribution < 1.29 is 4.74 Å². The van der Waals surface area contributed by atoms with Crippen LogP contribution in [-0.4, -0.2) is 4.57 Å². The van der Waals surface area contributed by atoms with E-state index in [1.807, 2.05) is 11.3 Å². The molecule has 0 aliphatic carbocycles. The minimum Gasteiger partial charge on any atom is -0.453 e. The van der Waals surface area contributed by atoms with Gasteiger partial charge in [-0.2, -0.15) is 0 Å². The van der Waals surface area contributed by atoms with Crippen LogP contribution >= 0.6 is 11.3 Å². The molecule has 0 fully saturated rings. The van der Waals surface area contributed by atoms with Crippen LogP contribution in [0.3, 0.4) is 0 Å². The molecule has 0 bridgehead atoms. The predicted octanol–water partition coefficient (Wildman–Crippen LogP) is 16.9. The van der Waals surface area contributed by atoms with Gasteiger partial charge in [0.2, 0.25) is 0 Å². The molecule has 62 heavy (non-hydrogen) atoms. The molecule has 1 aliphatic rings. The summed E-state index contributed by atoms with van der Waals surface area (Å²) in [5, 5.41) is 7.52. The van der Waals surface area contributed by atoms with Gasteiger partial charge in [0.15, 0.2) is 11.5 Å². The van der Waals surface area contributed by atoms with Gasteiger partial charge >= 0.3 is 0 Å². The first-order valence-electron chi connectivity index (χ1n) is 21.1. The van der Waals surface area contributed by atoms with E-state index in [2.05, 4.69) is 228 Å². The fourth-order valence-corrected chi connectivity index (χ4v) is 10.9. The second-order valence-corrected chi connectivity index (χ2v) is 17.1. The van der Waals surface area contributed by atoms with Gasteiger partial charge in [0, 0.05) is 37.6 Å². The molecule has 0 unspecified atom stereocenters. The Hall–Kier alpha value is -7.92. The molecule has 4 heteroatoms. The zero-order valence-corrected chi connectivity index (χ0v) is 34.3. The number of hydrogen-bond donors (Lipinski definition) is 0. The predicted molar refractivity (Wildman–Crippen MR) is 262 cm³/mol. The Kier molecular flexibility index (Phi) is 7.78. The average molecular weight is 809 g/mol. The number of rotatable bonds is 6. The third kappa shape index (κ3) is 5.44. The highest BCUT2D eigenvalue weighted by molar-refractivity contribution is 7.26. The summed E-state index contributed by atoms with van der Waals surface area (Å²) in [6, 6.07) is 79.2. The molecule has 0 saturated heterocycles. The standard InChI is InChI=1S/C58H36N2OS/c1-2-15-45-39(11-1)12-8-18-46(45)40-29-32-43(33-30-40)59(53-22-9-20-50-48-17-4-6-24-56(48)62-58(50)53)44-14-7-13-41(35-44)37-25-27-38(28-26-37)42-31-34-52-55(36-42)61-54-23-10-19-49-47-16-3-5-21-51(47)60(52)57(49)54/h1-36H. The van der Waals surface area contributed by atoms with Crippen molar-refractivity contribution >= 4 is 81.1 Å². The van der Waals surface area contributed by atoms with Crippen LogP contribution in [0.15, 0.2) is 218 Å². The molecule has 290 valence electrons. The van der Waals surface area contributed by atoms with Crippen LogP contribution in [-0.2, 0) is 0 Å². The van der Waals surface area contributed by atoms with Crippen LogP contribution in [0.5, 0.6) is 11.5 Å². The van der Waals surface area contributed by atoms with Gasteiger partial charge in [0.25, 0.3) is 0 Å². The van der Waals surface area contributed by atoms with E-state index < -0.39 is 0 Å². The van der Waals surface area contributed by atoms with E-state index in [9.17, 15) is 0 Å². The molecule has 0 amide bonds. The van der Waals surface area contributed by atoms with Gasteiger partial charge in [-0.3, -0.25) is 0 Å². The second-order valence-electron chi connectivity index (χ2n) is 16.1. The van der Waals surface area contributed by atoms with Crippen molar-refractivity contribution in [2.75, 3.05) is 4.90 Å². The van der Waals surface area contributed by atoms with Crippen LogP contribution in [0.1, 0.15) is 0 Å². The lowest BCUT2D eigenvalue weighted by Crippen LogP contribution is -2.10. The molecule has 0 atom stereocenters. The number of anilines is 3. The lowest BCUT2D eigenvalue weighted by molar-refractivity contribution is 0.476. The van der Waals surface area contributed by atoms with Gasteiger partial charge in [0.05, 0.1) is 27.1 Å². The topological polar surface area (TPSA) is 17.4 Å². The van der Waals surface area contributed by atoms with Crippen LogP contribution in [0.4, 0.5) is 17.1 Å². The maximum absolute atomic E-state index is 6.61. The van der Waals surface area contributed by atoms with Gasteiger partial charge < -0.3 is 14.2 Å². The molecular formula is C58H36N2OS. The molecule has 3 nitrogen and oxygen atoms in total. The number of fused-ring (bicyclic) bond motifs is 9. The highest BCUT2D eigenvalue weighted by atomic mass is 32.1. The maximum atomic E-state index is 6.61. The number of aromatic nitrogens is 1. The molecule has 10 aromatic carbocycles. The number of nitrogens with zero attached hydrogens (tertiary/aromatic N) is 2. The van der Waals surface area contributed by atoms with E-state index in [1.54, 1.807) is 0 Å². The molecule has 0 saturated carbocycles. The van der Waals surface area contributed by atoms with Gasteiger partial charge in [-0.25, -0.2) is 0 Å². The van der Waals surface area contributed by atoms with Gasteiger partial charge in [-0.1, -0.05) is 158 Å². The summed E-state index contributed by atoms with van der Waals surface area (Å²) in [5.74, 6) is 1.75. The fourth-order valence-electron chi connectivity index (χ4n) is 9.68. The lowest BCUT2D eigenvalue weighted by Gasteiger charge is -2.27. The summed E-state index contributed by atoms with van der Waals surface area (Å²) < 4.78 is 11.5. The molecule has 0 radical (unpaired) electrons. The molecule has 1 aliphatic heterocycles. The smallest absolute Gasteiger partial charge is 0.152 e. The highest BCUT2D eigenvalue weighted by Crippen LogP contribution is 2.48. The molecule has 13 rings (SSSR count). The summed E-state index contributed by atoms with van der Waals surface area (Å²) in [6.07, 6.45) is 0. The zero-order valence-electron chi connectivity index (χ0n) is 33.5. The van der Waals surface area contributed by atoms with Crippen molar-refractivity contribution in [3.63, 3.8) is 0 Å². The average Bonchev–Trinajstić information content (AvgIpc) is 3.89. The summed E-state index contributed by atoms with van der Waals surface area (Å²) in [6.45, 7) is 0. The first kappa shape index (κ1) is 34.9. The zero-order chi connectivity index (χ0) is 40.7. The molecule has 3 heterocycles. The molecule has 0 N–H and O–H groups in total. The van der Waals surface area contributed by atoms with E-state index in [1.165, 1.54) is 64.0 Å². The van der Waals surface area contributed by atoms with Crippen molar-refractivity contribution in [3.05, 3.63) is 218 Å². The van der Waals surface area contributed by atoms with Crippen LogP contribution in [0.25, 0.3) is 91.8 Å². The summed E-state index contributed by atoms with van der Waals surface area (Å²) in [7, 11) is 0. The Morgan fingerprint density at radius 1 is 0.403 bits per heavy atom. The highest BCUT2D eigenvalue weighted by Gasteiger charge is 2.24. The van der Waals surface area contributed by atoms with Gasteiger partial charge in [-0.05, 0) is 105 Å². The third-order valence-electron chi connectivity index (χ3n) is 12.6. The number of thiophene rings is 1. The third-order valence-corrected chi connectivity index (χ3v) is 13.8. The number of benzene rings is 10. The van der Waals surface area contributed by atoms with E-state index in [0.717, 1.165) is 56.3 Å². The van der Waals surface area contributed by atoms with E-state index in [-0.39, 0.29) is 0 Å².